The number of halogens is 2. The Kier molecular flexibility index (Phi) is 5.87. The van der Waals surface area contributed by atoms with Crippen LogP contribution in [0.2, 0.25) is 5.02 Å². The van der Waals surface area contributed by atoms with Gasteiger partial charge >= 0.3 is 5.97 Å². The van der Waals surface area contributed by atoms with Crippen molar-refractivity contribution in [2.45, 2.75) is 44.7 Å². The van der Waals surface area contributed by atoms with Gasteiger partial charge in [-0.25, -0.2) is 4.79 Å². The molecule has 110 valence electrons. The summed E-state index contributed by atoms with van der Waals surface area (Å²) in [6.45, 7) is 2.21. The maximum atomic E-state index is 12.2. The first-order valence-corrected chi connectivity index (χ1v) is 8.16. The summed E-state index contributed by atoms with van der Waals surface area (Å²) >= 11 is 9.42. The Hall–Kier alpha value is -0.580. The first kappa shape index (κ1) is 15.8. The molecule has 0 aromatic heterocycles. The number of hydrogen-bond donors (Lipinski definition) is 1. The van der Waals surface area contributed by atoms with Crippen molar-refractivity contribution in [1.29, 1.82) is 0 Å². The van der Waals surface area contributed by atoms with Gasteiger partial charge in [-0.05, 0) is 53.4 Å². The van der Waals surface area contributed by atoms with Gasteiger partial charge in [0.15, 0.2) is 0 Å². The number of carbonyl (C=O) groups is 1. The molecule has 1 aromatic rings. The molecule has 1 saturated carbocycles. The second-order valence-electron chi connectivity index (χ2n) is 5.01. The number of hydrogen-bond acceptors (Lipinski definition) is 3. The van der Waals surface area contributed by atoms with Crippen LogP contribution in [0.4, 0.5) is 0 Å². The van der Waals surface area contributed by atoms with Crippen LogP contribution < -0.4 is 5.32 Å². The molecule has 0 amide bonds. The van der Waals surface area contributed by atoms with Gasteiger partial charge < -0.3 is 4.74 Å². The Labute approximate surface area is 133 Å². The highest BCUT2D eigenvalue weighted by molar-refractivity contribution is 9.10. The van der Waals surface area contributed by atoms with Crippen LogP contribution in [0.1, 0.15) is 44.2 Å². The Balaban J connectivity index is 2.19. The van der Waals surface area contributed by atoms with Gasteiger partial charge in [-0.2, -0.15) is 0 Å². The van der Waals surface area contributed by atoms with E-state index >= 15 is 0 Å². The summed E-state index contributed by atoms with van der Waals surface area (Å²) in [6.07, 6.45) is 4.67. The Morgan fingerprint density at radius 3 is 2.80 bits per heavy atom. The fourth-order valence-corrected chi connectivity index (χ4v) is 3.06. The third kappa shape index (κ3) is 3.96. The van der Waals surface area contributed by atoms with E-state index in [0.717, 1.165) is 22.9 Å². The van der Waals surface area contributed by atoms with Crippen molar-refractivity contribution < 1.29 is 9.53 Å². The number of esters is 1. The SMILES string of the molecule is CCOC(=O)C(NC1CCCC1)c1ccc(Cl)c(Br)c1. The topological polar surface area (TPSA) is 38.3 Å². The van der Waals surface area contributed by atoms with Crippen molar-refractivity contribution in [2.75, 3.05) is 6.61 Å². The average molecular weight is 361 g/mol. The predicted molar refractivity (Wildman–Crippen MR) is 83.9 cm³/mol. The Morgan fingerprint density at radius 2 is 2.20 bits per heavy atom. The highest BCUT2D eigenvalue weighted by atomic mass is 79.9. The van der Waals surface area contributed by atoms with Gasteiger partial charge in [0, 0.05) is 10.5 Å². The monoisotopic (exact) mass is 359 g/mol. The molecular weight excluding hydrogens is 342 g/mol. The minimum absolute atomic E-state index is 0.228. The van der Waals surface area contributed by atoms with Gasteiger partial charge in [0.25, 0.3) is 0 Å². The number of carbonyl (C=O) groups excluding carboxylic acids is 1. The lowest BCUT2D eigenvalue weighted by atomic mass is 10.1. The van der Waals surface area contributed by atoms with E-state index in [-0.39, 0.29) is 5.97 Å². The lowest BCUT2D eigenvalue weighted by Crippen LogP contribution is -2.36. The number of ether oxygens (including phenoxy) is 1. The second kappa shape index (κ2) is 7.43. The van der Waals surface area contributed by atoms with Gasteiger partial charge in [-0.1, -0.05) is 30.5 Å². The van der Waals surface area contributed by atoms with Crippen molar-refractivity contribution >= 4 is 33.5 Å². The van der Waals surface area contributed by atoms with E-state index in [9.17, 15) is 4.79 Å². The Morgan fingerprint density at radius 1 is 1.50 bits per heavy atom. The molecule has 0 heterocycles. The summed E-state index contributed by atoms with van der Waals surface area (Å²) in [6, 6.07) is 5.51. The van der Waals surface area contributed by atoms with Crippen LogP contribution in [0, 0.1) is 0 Å². The van der Waals surface area contributed by atoms with E-state index in [1.807, 2.05) is 19.1 Å². The molecule has 0 radical (unpaired) electrons. The summed E-state index contributed by atoms with van der Waals surface area (Å²) in [5.74, 6) is -0.228. The minimum atomic E-state index is -0.424. The van der Waals surface area contributed by atoms with E-state index in [4.69, 9.17) is 16.3 Å². The van der Waals surface area contributed by atoms with Crippen LogP contribution >= 0.6 is 27.5 Å². The van der Waals surface area contributed by atoms with Crippen molar-refractivity contribution in [3.63, 3.8) is 0 Å². The zero-order valence-electron chi connectivity index (χ0n) is 11.5. The van der Waals surface area contributed by atoms with E-state index in [1.165, 1.54) is 12.8 Å². The lowest BCUT2D eigenvalue weighted by Gasteiger charge is -2.22. The Bertz CT molecular complexity index is 475. The van der Waals surface area contributed by atoms with Crippen molar-refractivity contribution in [1.82, 2.24) is 5.32 Å². The first-order chi connectivity index (χ1) is 9.61. The molecule has 1 fully saturated rings. The van der Waals surface area contributed by atoms with E-state index in [1.54, 1.807) is 6.07 Å². The van der Waals surface area contributed by atoms with Gasteiger partial charge in [0.05, 0.1) is 11.6 Å². The molecule has 0 bridgehead atoms. The van der Waals surface area contributed by atoms with E-state index in [0.29, 0.717) is 17.7 Å². The van der Waals surface area contributed by atoms with E-state index < -0.39 is 6.04 Å². The number of rotatable bonds is 5. The fraction of sp³-hybridized carbons (Fsp3) is 0.533. The lowest BCUT2D eigenvalue weighted by molar-refractivity contribution is -0.146. The summed E-state index contributed by atoms with van der Waals surface area (Å²) in [5.41, 5.74) is 0.881. The molecule has 0 saturated heterocycles. The molecule has 20 heavy (non-hydrogen) atoms. The van der Waals surface area contributed by atoms with Crippen LogP contribution in [-0.2, 0) is 9.53 Å². The smallest absolute Gasteiger partial charge is 0.327 e. The molecule has 0 aliphatic heterocycles. The predicted octanol–water partition coefficient (Wildman–Crippen LogP) is 4.24. The average Bonchev–Trinajstić information content (AvgIpc) is 2.92. The molecule has 5 heteroatoms. The highest BCUT2D eigenvalue weighted by Gasteiger charge is 2.27. The molecule has 1 unspecified atom stereocenters. The molecule has 1 aliphatic rings. The van der Waals surface area contributed by atoms with Crippen molar-refractivity contribution in [2.24, 2.45) is 0 Å². The second-order valence-corrected chi connectivity index (χ2v) is 6.27. The quantitative estimate of drug-likeness (QED) is 0.798. The number of benzene rings is 1. The summed E-state index contributed by atoms with van der Waals surface area (Å²) in [5, 5.41) is 4.06. The minimum Gasteiger partial charge on any atom is -0.465 e. The third-order valence-corrected chi connectivity index (χ3v) is 4.77. The summed E-state index contributed by atoms with van der Waals surface area (Å²) in [4.78, 5) is 12.2. The zero-order valence-corrected chi connectivity index (χ0v) is 13.8. The third-order valence-electron chi connectivity index (χ3n) is 3.56. The molecule has 1 aliphatic carbocycles. The zero-order chi connectivity index (χ0) is 14.5. The van der Waals surface area contributed by atoms with Crippen LogP contribution in [-0.4, -0.2) is 18.6 Å². The maximum absolute atomic E-state index is 12.2. The largest absolute Gasteiger partial charge is 0.465 e. The highest BCUT2D eigenvalue weighted by Crippen LogP contribution is 2.28. The van der Waals surface area contributed by atoms with Gasteiger partial charge in [0.1, 0.15) is 6.04 Å². The molecule has 3 nitrogen and oxygen atoms in total. The molecule has 1 atom stereocenters. The van der Waals surface area contributed by atoms with Gasteiger partial charge in [-0.15, -0.1) is 0 Å². The molecule has 2 rings (SSSR count). The van der Waals surface area contributed by atoms with Crippen LogP contribution in [0.15, 0.2) is 22.7 Å². The summed E-state index contributed by atoms with van der Waals surface area (Å²) < 4.78 is 5.98. The fourth-order valence-electron chi connectivity index (χ4n) is 2.55. The first-order valence-electron chi connectivity index (χ1n) is 6.99. The molecule has 1 N–H and O–H groups in total. The maximum Gasteiger partial charge on any atom is 0.327 e. The van der Waals surface area contributed by atoms with Crippen molar-refractivity contribution in [3.8, 4) is 0 Å². The number of nitrogens with one attached hydrogen (secondary N) is 1. The van der Waals surface area contributed by atoms with Gasteiger partial charge in [-0.3, -0.25) is 5.32 Å². The molecule has 0 spiro atoms. The van der Waals surface area contributed by atoms with Crippen LogP contribution in [0.5, 0.6) is 0 Å². The van der Waals surface area contributed by atoms with Crippen LogP contribution in [0.3, 0.4) is 0 Å². The molecule has 1 aromatic carbocycles. The molecular formula is C15H19BrClNO2. The standard InChI is InChI=1S/C15H19BrClNO2/c1-2-20-15(19)14(18-11-5-3-4-6-11)10-7-8-13(17)12(16)9-10/h7-9,11,14,18H,2-6H2,1H3. The normalized spacial score (nSPS) is 17.1. The van der Waals surface area contributed by atoms with Crippen LogP contribution in [0.25, 0.3) is 0 Å². The van der Waals surface area contributed by atoms with Crippen molar-refractivity contribution in [3.05, 3.63) is 33.3 Å². The summed E-state index contributed by atoms with van der Waals surface area (Å²) in [7, 11) is 0. The van der Waals surface area contributed by atoms with Gasteiger partial charge in [0.2, 0.25) is 0 Å². The van der Waals surface area contributed by atoms with E-state index in [2.05, 4.69) is 21.2 Å².